The Morgan fingerprint density at radius 1 is 0.516 bits per heavy atom. The zero-order chi connectivity index (χ0) is 45.4. The van der Waals surface area contributed by atoms with Gasteiger partial charge in [-0.25, -0.2) is 0 Å². The second kappa shape index (κ2) is 35.3. The van der Waals surface area contributed by atoms with E-state index in [4.69, 9.17) is 28.4 Å². The number of aliphatic hydroxyl groups excluding tert-OH is 7. The van der Waals surface area contributed by atoms with Gasteiger partial charge in [-0.15, -0.1) is 0 Å². The van der Waals surface area contributed by atoms with Crippen molar-refractivity contribution < 1.29 is 73.8 Å². The summed E-state index contributed by atoms with van der Waals surface area (Å²) in [5.41, 5.74) is 0. The van der Waals surface area contributed by atoms with E-state index in [2.05, 4.69) is 38.2 Å². The second-order valence-electron chi connectivity index (χ2n) is 16.9. The Hall–Kier alpha value is -2.02. The average Bonchev–Trinajstić information content (AvgIpc) is 3.26. The number of aliphatic hydroxyl groups is 7. The molecule has 15 nitrogen and oxygen atoms in total. The van der Waals surface area contributed by atoms with Gasteiger partial charge in [-0.2, -0.15) is 0 Å². The molecule has 0 spiro atoms. The maximum atomic E-state index is 12.9. The molecule has 7 N–H and O–H groups in total. The van der Waals surface area contributed by atoms with Crippen molar-refractivity contribution in [2.45, 2.75) is 235 Å². The van der Waals surface area contributed by atoms with Crippen LogP contribution in [-0.2, 0) is 38.0 Å². The molecule has 11 atom stereocenters. The van der Waals surface area contributed by atoms with Crippen LogP contribution < -0.4 is 0 Å². The molecule has 0 aromatic rings. The summed E-state index contributed by atoms with van der Waals surface area (Å²) < 4.78 is 33.4. The van der Waals surface area contributed by atoms with Gasteiger partial charge in [0.1, 0.15) is 55.4 Å². The predicted molar refractivity (Wildman–Crippen MR) is 234 cm³/mol. The molecule has 362 valence electrons. The van der Waals surface area contributed by atoms with Gasteiger partial charge in [0.2, 0.25) is 0 Å². The monoisotopic (exact) mass is 889 g/mol. The number of hydrogen-bond donors (Lipinski definition) is 7. The van der Waals surface area contributed by atoms with Gasteiger partial charge in [0.05, 0.1) is 19.8 Å². The molecule has 0 aromatic heterocycles. The van der Waals surface area contributed by atoms with Crippen LogP contribution in [0.3, 0.4) is 0 Å². The van der Waals surface area contributed by atoms with Crippen molar-refractivity contribution in [1.82, 2.24) is 0 Å². The number of ether oxygens (including phenoxy) is 6. The van der Waals surface area contributed by atoms with Gasteiger partial charge in [0.25, 0.3) is 0 Å². The van der Waals surface area contributed by atoms with Gasteiger partial charge >= 0.3 is 11.9 Å². The maximum Gasteiger partial charge on any atom is 0.306 e. The molecule has 0 saturated carbocycles. The molecule has 2 rings (SSSR count). The van der Waals surface area contributed by atoms with E-state index in [1.54, 1.807) is 0 Å². The standard InChI is InChI=1S/C47H84O15/c1-3-5-7-9-11-13-14-15-16-17-18-19-20-22-23-25-27-29-38(49)57-32-35(60-39(50)30-28-26-24-21-12-10-8-6-4-2)33-58-46-45(56)43(54)41(52)37(62-46)34-59-47-44(55)42(53)40(51)36(31-48)61-47/h11,13,15-16,35-37,40-48,51-56H,3-10,12,14,17-34H2,1-2H3/b13-11+,16-15+/t35-,36+,37+,40-,41-,42?,43?,44?,45?,46+,47+/m0/s1. The number of rotatable bonds is 36. The van der Waals surface area contributed by atoms with E-state index in [-0.39, 0.29) is 26.1 Å². The second-order valence-corrected chi connectivity index (χ2v) is 16.9. The van der Waals surface area contributed by atoms with E-state index in [1.807, 2.05) is 0 Å². The van der Waals surface area contributed by atoms with Crippen molar-refractivity contribution in [2.24, 2.45) is 0 Å². The molecule has 2 aliphatic rings. The van der Waals surface area contributed by atoms with Crippen LogP contribution in [0.25, 0.3) is 0 Å². The number of carbonyl (C=O) groups is 2. The van der Waals surface area contributed by atoms with Crippen LogP contribution >= 0.6 is 0 Å². The number of esters is 2. The van der Waals surface area contributed by atoms with E-state index in [9.17, 15) is 45.3 Å². The quantitative estimate of drug-likeness (QED) is 0.0231. The van der Waals surface area contributed by atoms with Crippen LogP contribution in [0.15, 0.2) is 24.3 Å². The molecule has 15 heteroatoms. The molecule has 0 bridgehead atoms. The summed E-state index contributed by atoms with van der Waals surface area (Å²) in [6, 6.07) is 0. The number of unbranched alkanes of at least 4 members (excludes halogenated alkanes) is 18. The van der Waals surface area contributed by atoms with Crippen molar-refractivity contribution in [3.63, 3.8) is 0 Å². The number of hydrogen-bond acceptors (Lipinski definition) is 15. The van der Waals surface area contributed by atoms with Crippen molar-refractivity contribution in [3.05, 3.63) is 24.3 Å². The molecular weight excluding hydrogens is 805 g/mol. The van der Waals surface area contributed by atoms with E-state index in [1.165, 1.54) is 70.6 Å². The topological polar surface area (TPSA) is 231 Å². The van der Waals surface area contributed by atoms with Crippen LogP contribution in [-0.4, -0.2) is 142 Å². The van der Waals surface area contributed by atoms with Crippen LogP contribution in [0.1, 0.15) is 168 Å². The first kappa shape index (κ1) is 56.1. The third kappa shape index (κ3) is 23.8. The summed E-state index contributed by atoms with van der Waals surface area (Å²) in [5, 5.41) is 71.8. The van der Waals surface area contributed by atoms with E-state index in [0.29, 0.717) is 12.8 Å². The molecule has 62 heavy (non-hydrogen) atoms. The Morgan fingerprint density at radius 3 is 1.53 bits per heavy atom. The summed E-state index contributed by atoms with van der Waals surface area (Å²) in [6.07, 6.45) is 16.5. The van der Waals surface area contributed by atoms with Crippen molar-refractivity contribution in [3.8, 4) is 0 Å². The van der Waals surface area contributed by atoms with Gasteiger partial charge < -0.3 is 64.2 Å². The van der Waals surface area contributed by atoms with E-state index < -0.39 is 92.7 Å². The fraction of sp³-hybridized carbons (Fsp3) is 0.872. The summed E-state index contributed by atoms with van der Waals surface area (Å²) in [6.45, 7) is 2.52. The highest BCUT2D eigenvalue weighted by Gasteiger charge is 2.47. The highest BCUT2D eigenvalue weighted by molar-refractivity contribution is 5.70. The molecule has 0 aromatic carbocycles. The van der Waals surface area contributed by atoms with Gasteiger partial charge in [0, 0.05) is 12.8 Å². The third-order valence-corrected chi connectivity index (χ3v) is 11.4. The number of carbonyl (C=O) groups excluding carboxylic acids is 2. The molecule has 2 saturated heterocycles. The minimum absolute atomic E-state index is 0.165. The Balaban J connectivity index is 1.81. The molecular formula is C47H84O15. The lowest BCUT2D eigenvalue weighted by Gasteiger charge is -2.42. The van der Waals surface area contributed by atoms with Crippen LogP contribution in [0.5, 0.6) is 0 Å². The summed E-state index contributed by atoms with van der Waals surface area (Å²) >= 11 is 0. The predicted octanol–water partition coefficient (Wildman–Crippen LogP) is 5.60. The Bertz CT molecular complexity index is 1180. The summed E-state index contributed by atoms with van der Waals surface area (Å²) in [7, 11) is 0. The van der Waals surface area contributed by atoms with Gasteiger partial charge in [-0.1, -0.05) is 134 Å². The average molecular weight is 889 g/mol. The molecule has 4 unspecified atom stereocenters. The fourth-order valence-corrected chi connectivity index (χ4v) is 7.42. The SMILES string of the molecule is CCCCC/C=C/C/C=C/CCCCCCCCCC(=O)OC[C@@H](CO[C@@H]1O[C@H](CO[C@@H]2O[C@H](CO)[C@H](O)C(O)C2O)[C@H](O)C(O)C1O)OC(=O)CCCCCCCCCCC. The highest BCUT2D eigenvalue weighted by atomic mass is 16.7. The molecule has 0 aliphatic carbocycles. The lowest BCUT2D eigenvalue weighted by Crippen LogP contribution is -2.61. The van der Waals surface area contributed by atoms with Crippen LogP contribution in [0.4, 0.5) is 0 Å². The zero-order valence-electron chi connectivity index (χ0n) is 37.9. The van der Waals surface area contributed by atoms with Crippen molar-refractivity contribution in [2.75, 3.05) is 26.4 Å². The minimum Gasteiger partial charge on any atom is -0.462 e. The molecule has 0 amide bonds. The Morgan fingerprint density at radius 2 is 0.968 bits per heavy atom. The fourth-order valence-electron chi connectivity index (χ4n) is 7.42. The first-order valence-electron chi connectivity index (χ1n) is 23.9. The minimum atomic E-state index is -1.76. The van der Waals surface area contributed by atoms with Gasteiger partial charge in [0.15, 0.2) is 18.7 Å². The van der Waals surface area contributed by atoms with Gasteiger partial charge in [-0.3, -0.25) is 9.59 Å². The van der Waals surface area contributed by atoms with Crippen molar-refractivity contribution >= 4 is 11.9 Å². The van der Waals surface area contributed by atoms with Crippen LogP contribution in [0.2, 0.25) is 0 Å². The first-order valence-corrected chi connectivity index (χ1v) is 23.9. The zero-order valence-corrected chi connectivity index (χ0v) is 37.9. The normalized spacial score (nSPS) is 27.2. The molecule has 2 aliphatic heterocycles. The smallest absolute Gasteiger partial charge is 0.306 e. The maximum absolute atomic E-state index is 12.9. The molecule has 0 radical (unpaired) electrons. The lowest BCUT2D eigenvalue weighted by molar-refractivity contribution is -0.332. The largest absolute Gasteiger partial charge is 0.462 e. The number of allylic oxidation sites excluding steroid dienone is 4. The summed E-state index contributed by atoms with van der Waals surface area (Å²) in [4.78, 5) is 25.6. The van der Waals surface area contributed by atoms with E-state index in [0.717, 1.165) is 57.8 Å². The van der Waals surface area contributed by atoms with Crippen LogP contribution in [0, 0.1) is 0 Å². The van der Waals surface area contributed by atoms with Crippen molar-refractivity contribution in [1.29, 1.82) is 0 Å². The van der Waals surface area contributed by atoms with E-state index >= 15 is 0 Å². The van der Waals surface area contributed by atoms with Gasteiger partial charge in [-0.05, 0) is 44.9 Å². The lowest BCUT2D eigenvalue weighted by atomic mass is 9.98. The summed E-state index contributed by atoms with van der Waals surface area (Å²) in [5.74, 6) is -0.934. The Labute approximate surface area is 371 Å². The molecule has 2 fully saturated rings. The Kier molecular flexibility index (Phi) is 31.9. The third-order valence-electron chi connectivity index (χ3n) is 11.4. The molecule has 2 heterocycles. The highest BCUT2D eigenvalue weighted by Crippen LogP contribution is 2.26. The first-order chi connectivity index (χ1) is 30.0.